The molecule has 1 aromatic heterocycles. The molecule has 0 saturated carbocycles. The predicted molar refractivity (Wildman–Crippen MR) is 81.9 cm³/mol. The van der Waals surface area contributed by atoms with Gasteiger partial charge in [-0.15, -0.1) is 0 Å². The molecule has 19 heavy (non-hydrogen) atoms. The van der Waals surface area contributed by atoms with Crippen LogP contribution in [0.1, 0.15) is 19.8 Å². The van der Waals surface area contributed by atoms with Crippen molar-refractivity contribution in [2.75, 3.05) is 44.4 Å². The number of hydrogen-bond donors (Lipinski definition) is 1. The molecule has 106 valence electrons. The van der Waals surface area contributed by atoms with Crippen LogP contribution >= 0.6 is 0 Å². The molecule has 1 aliphatic rings. The maximum absolute atomic E-state index is 4.24. The lowest BCUT2D eigenvalue weighted by Crippen LogP contribution is -2.40. The number of hydrogen-bond acceptors (Lipinski definition) is 4. The second-order valence-corrected chi connectivity index (χ2v) is 5.88. The first-order chi connectivity index (χ1) is 9.08. The Balaban J connectivity index is 2.04. The van der Waals surface area contributed by atoms with Gasteiger partial charge < -0.3 is 15.1 Å². The molecule has 4 heteroatoms. The minimum Gasteiger partial charge on any atom is -0.379 e. The Bertz CT molecular complexity index is 405. The molecule has 0 spiro atoms. The zero-order chi connectivity index (χ0) is 13.8. The van der Waals surface area contributed by atoms with Crippen LogP contribution in [0.4, 0.5) is 11.4 Å². The second-order valence-electron chi connectivity index (χ2n) is 5.88. The molecule has 2 rings (SSSR count). The number of likely N-dealkylation sites (tertiary alicyclic amines) is 1. The van der Waals surface area contributed by atoms with Crippen molar-refractivity contribution in [3.05, 3.63) is 18.5 Å². The Morgan fingerprint density at radius 3 is 2.95 bits per heavy atom. The van der Waals surface area contributed by atoms with Gasteiger partial charge in [-0.05, 0) is 45.3 Å². The molecule has 1 fully saturated rings. The minimum atomic E-state index is 0.477. The van der Waals surface area contributed by atoms with E-state index in [1.54, 1.807) is 0 Å². The van der Waals surface area contributed by atoms with E-state index in [9.17, 15) is 0 Å². The molecule has 0 bridgehead atoms. The van der Waals surface area contributed by atoms with E-state index >= 15 is 0 Å². The number of rotatable bonds is 4. The van der Waals surface area contributed by atoms with Crippen molar-refractivity contribution < 1.29 is 0 Å². The van der Waals surface area contributed by atoms with E-state index in [2.05, 4.69) is 54.2 Å². The quantitative estimate of drug-likeness (QED) is 0.902. The van der Waals surface area contributed by atoms with Crippen molar-refractivity contribution in [1.29, 1.82) is 0 Å². The van der Waals surface area contributed by atoms with E-state index in [1.165, 1.54) is 31.6 Å². The zero-order valence-electron chi connectivity index (χ0n) is 12.6. The average molecular weight is 262 g/mol. The molecule has 0 aliphatic carbocycles. The lowest BCUT2D eigenvalue weighted by Gasteiger charge is -2.34. The van der Waals surface area contributed by atoms with Gasteiger partial charge in [-0.1, -0.05) is 0 Å². The van der Waals surface area contributed by atoms with Crippen molar-refractivity contribution in [2.24, 2.45) is 5.92 Å². The summed E-state index contributed by atoms with van der Waals surface area (Å²) in [7, 11) is 6.35. The van der Waals surface area contributed by atoms with Crippen molar-refractivity contribution in [3.8, 4) is 0 Å². The number of anilines is 2. The van der Waals surface area contributed by atoms with Gasteiger partial charge in [0.15, 0.2) is 0 Å². The Morgan fingerprint density at radius 1 is 1.47 bits per heavy atom. The standard InChI is InChI=1S/C15H26N4/c1-12(13-6-5-9-19(4)11-13)17-14-10-16-8-7-15(14)18(2)3/h7-8,10,12-13,17H,5-6,9,11H2,1-4H3. The van der Waals surface area contributed by atoms with Crippen LogP contribution in [0.2, 0.25) is 0 Å². The highest BCUT2D eigenvalue weighted by Gasteiger charge is 2.23. The fourth-order valence-corrected chi connectivity index (χ4v) is 2.87. The van der Waals surface area contributed by atoms with Crippen LogP contribution in [-0.4, -0.2) is 50.2 Å². The highest BCUT2D eigenvalue weighted by molar-refractivity contribution is 5.68. The summed E-state index contributed by atoms with van der Waals surface area (Å²) >= 11 is 0. The first-order valence-electron chi connectivity index (χ1n) is 7.14. The third kappa shape index (κ3) is 3.60. The van der Waals surface area contributed by atoms with Crippen LogP contribution in [0, 0.1) is 5.92 Å². The Labute approximate surface area is 116 Å². The summed E-state index contributed by atoms with van der Waals surface area (Å²) in [4.78, 5) is 8.80. The molecule has 2 atom stereocenters. The summed E-state index contributed by atoms with van der Waals surface area (Å²) in [5.41, 5.74) is 2.33. The van der Waals surface area contributed by atoms with Gasteiger partial charge in [0, 0.05) is 32.9 Å². The summed E-state index contributed by atoms with van der Waals surface area (Å²) in [6, 6.07) is 2.54. The van der Waals surface area contributed by atoms with Gasteiger partial charge in [-0.2, -0.15) is 0 Å². The van der Waals surface area contributed by atoms with E-state index in [0.29, 0.717) is 12.0 Å². The van der Waals surface area contributed by atoms with E-state index in [1.807, 2.05) is 12.4 Å². The molecule has 0 radical (unpaired) electrons. The molecule has 1 aromatic rings. The van der Waals surface area contributed by atoms with Crippen LogP contribution in [0.3, 0.4) is 0 Å². The number of nitrogens with zero attached hydrogens (tertiary/aromatic N) is 3. The van der Waals surface area contributed by atoms with Gasteiger partial charge in [-0.25, -0.2) is 0 Å². The van der Waals surface area contributed by atoms with Gasteiger partial charge >= 0.3 is 0 Å². The van der Waals surface area contributed by atoms with Gasteiger partial charge in [0.25, 0.3) is 0 Å². The van der Waals surface area contributed by atoms with Gasteiger partial charge in [0.2, 0.25) is 0 Å². The van der Waals surface area contributed by atoms with Crippen molar-refractivity contribution in [1.82, 2.24) is 9.88 Å². The molecule has 1 saturated heterocycles. The fraction of sp³-hybridized carbons (Fsp3) is 0.667. The summed E-state index contributed by atoms with van der Waals surface area (Å²) in [5, 5.41) is 3.65. The number of pyridine rings is 1. The molecule has 4 nitrogen and oxygen atoms in total. The van der Waals surface area contributed by atoms with Crippen LogP contribution in [-0.2, 0) is 0 Å². The molecule has 2 heterocycles. The van der Waals surface area contributed by atoms with Gasteiger partial charge in [-0.3, -0.25) is 4.98 Å². The largest absolute Gasteiger partial charge is 0.379 e. The lowest BCUT2D eigenvalue weighted by molar-refractivity contribution is 0.197. The zero-order valence-corrected chi connectivity index (χ0v) is 12.6. The Morgan fingerprint density at radius 2 is 2.26 bits per heavy atom. The van der Waals surface area contributed by atoms with Crippen molar-refractivity contribution in [2.45, 2.75) is 25.8 Å². The van der Waals surface area contributed by atoms with Crippen molar-refractivity contribution >= 4 is 11.4 Å². The Hall–Kier alpha value is -1.29. The smallest absolute Gasteiger partial charge is 0.0766 e. The van der Waals surface area contributed by atoms with Crippen LogP contribution in [0.15, 0.2) is 18.5 Å². The van der Waals surface area contributed by atoms with Gasteiger partial charge in [0.1, 0.15) is 0 Å². The molecule has 1 aliphatic heterocycles. The molecule has 2 unspecified atom stereocenters. The minimum absolute atomic E-state index is 0.477. The number of piperidine rings is 1. The maximum Gasteiger partial charge on any atom is 0.0766 e. The predicted octanol–water partition coefficient (Wildman–Crippen LogP) is 2.29. The summed E-state index contributed by atoms with van der Waals surface area (Å²) < 4.78 is 0. The molecular formula is C15H26N4. The maximum atomic E-state index is 4.24. The topological polar surface area (TPSA) is 31.4 Å². The summed E-state index contributed by atoms with van der Waals surface area (Å²) in [5.74, 6) is 0.717. The van der Waals surface area contributed by atoms with Crippen LogP contribution in [0.25, 0.3) is 0 Å². The summed E-state index contributed by atoms with van der Waals surface area (Å²) in [6.45, 7) is 4.71. The third-order valence-corrected chi connectivity index (χ3v) is 4.03. The lowest BCUT2D eigenvalue weighted by atomic mass is 9.92. The first-order valence-corrected chi connectivity index (χ1v) is 7.14. The van der Waals surface area contributed by atoms with E-state index in [4.69, 9.17) is 0 Å². The highest BCUT2D eigenvalue weighted by Crippen LogP contribution is 2.26. The first kappa shape index (κ1) is 14.1. The van der Waals surface area contributed by atoms with E-state index < -0.39 is 0 Å². The Kier molecular flexibility index (Phi) is 4.64. The molecule has 0 aromatic carbocycles. The second kappa shape index (κ2) is 6.24. The monoisotopic (exact) mass is 262 g/mol. The van der Waals surface area contributed by atoms with Crippen LogP contribution < -0.4 is 10.2 Å². The average Bonchev–Trinajstić information content (AvgIpc) is 2.39. The molecule has 1 N–H and O–H groups in total. The molecular weight excluding hydrogens is 236 g/mol. The van der Waals surface area contributed by atoms with Gasteiger partial charge in [0.05, 0.1) is 17.6 Å². The summed E-state index contributed by atoms with van der Waals surface area (Å²) in [6.07, 6.45) is 6.40. The number of aromatic nitrogens is 1. The van der Waals surface area contributed by atoms with E-state index in [-0.39, 0.29) is 0 Å². The number of nitrogens with one attached hydrogen (secondary N) is 1. The van der Waals surface area contributed by atoms with Crippen LogP contribution in [0.5, 0.6) is 0 Å². The normalized spacial score (nSPS) is 22.0. The van der Waals surface area contributed by atoms with E-state index in [0.717, 1.165) is 5.69 Å². The SMILES string of the molecule is CC(Nc1cnccc1N(C)C)C1CCCN(C)C1. The third-order valence-electron chi connectivity index (χ3n) is 4.03. The highest BCUT2D eigenvalue weighted by atomic mass is 15.1. The fourth-order valence-electron chi connectivity index (χ4n) is 2.87. The molecule has 0 amide bonds. The van der Waals surface area contributed by atoms with Crippen molar-refractivity contribution in [3.63, 3.8) is 0 Å².